The Morgan fingerprint density at radius 2 is 2.18 bits per heavy atom. The molecule has 1 saturated heterocycles. The maximum atomic E-state index is 12.4. The predicted molar refractivity (Wildman–Crippen MR) is 80.8 cm³/mol. The van der Waals surface area contributed by atoms with E-state index in [0.29, 0.717) is 36.1 Å². The number of anilines is 1. The molecule has 0 saturated carbocycles. The van der Waals surface area contributed by atoms with E-state index in [9.17, 15) is 13.2 Å². The lowest BCUT2D eigenvalue weighted by atomic mass is 9.97. The van der Waals surface area contributed by atoms with E-state index in [-0.39, 0.29) is 11.8 Å². The molecule has 1 amide bonds. The molecule has 0 unspecified atom stereocenters. The standard InChI is InChI=1S/C12H15N5O3S2/c18-11(15-12-13-8-14-16-12)9-3-5-17(6-4-9)22(19,20)10-2-1-7-21-10/h1-2,7-9H,3-6H2,(H2,13,14,15,16,18). The van der Waals surface area contributed by atoms with Gasteiger partial charge in [-0.15, -0.1) is 11.3 Å². The van der Waals surface area contributed by atoms with Gasteiger partial charge in [-0.1, -0.05) is 6.07 Å². The lowest BCUT2D eigenvalue weighted by Gasteiger charge is -2.29. The van der Waals surface area contributed by atoms with Crippen LogP contribution in [0.4, 0.5) is 5.95 Å². The van der Waals surface area contributed by atoms with Gasteiger partial charge in [-0.2, -0.15) is 14.4 Å². The Bertz CT molecular complexity index is 719. The highest BCUT2D eigenvalue weighted by atomic mass is 32.2. The highest BCUT2D eigenvalue weighted by Gasteiger charge is 2.32. The Balaban J connectivity index is 1.60. The molecule has 3 heterocycles. The van der Waals surface area contributed by atoms with Crippen molar-refractivity contribution in [2.24, 2.45) is 5.92 Å². The summed E-state index contributed by atoms with van der Waals surface area (Å²) in [7, 11) is -3.43. The number of hydrogen-bond acceptors (Lipinski definition) is 6. The van der Waals surface area contributed by atoms with E-state index < -0.39 is 10.0 Å². The van der Waals surface area contributed by atoms with Crippen molar-refractivity contribution < 1.29 is 13.2 Å². The molecule has 8 nitrogen and oxygen atoms in total. The molecule has 22 heavy (non-hydrogen) atoms. The first-order chi connectivity index (χ1) is 10.6. The molecule has 0 aromatic carbocycles. The predicted octanol–water partition coefficient (Wildman–Crippen LogP) is 0.906. The molecule has 3 rings (SSSR count). The molecule has 118 valence electrons. The van der Waals surface area contributed by atoms with Crippen molar-refractivity contribution in [3.05, 3.63) is 23.8 Å². The highest BCUT2D eigenvalue weighted by Crippen LogP contribution is 2.26. The lowest BCUT2D eigenvalue weighted by Crippen LogP contribution is -2.41. The van der Waals surface area contributed by atoms with Gasteiger partial charge in [0.2, 0.25) is 11.9 Å². The van der Waals surface area contributed by atoms with E-state index in [0.717, 1.165) is 0 Å². The quantitative estimate of drug-likeness (QED) is 0.859. The fourth-order valence-electron chi connectivity index (χ4n) is 2.38. The number of rotatable bonds is 4. The molecular formula is C12H15N5O3S2. The van der Waals surface area contributed by atoms with Gasteiger partial charge in [0, 0.05) is 19.0 Å². The van der Waals surface area contributed by atoms with Crippen molar-refractivity contribution in [1.82, 2.24) is 19.5 Å². The first-order valence-electron chi connectivity index (χ1n) is 6.77. The fraction of sp³-hybridized carbons (Fsp3) is 0.417. The van der Waals surface area contributed by atoms with Gasteiger partial charge >= 0.3 is 0 Å². The third-order valence-electron chi connectivity index (χ3n) is 3.57. The van der Waals surface area contributed by atoms with Crippen LogP contribution in [0.2, 0.25) is 0 Å². The molecule has 1 fully saturated rings. The van der Waals surface area contributed by atoms with E-state index >= 15 is 0 Å². The Morgan fingerprint density at radius 1 is 1.41 bits per heavy atom. The Kier molecular flexibility index (Phi) is 4.23. The largest absolute Gasteiger partial charge is 0.295 e. The number of nitrogens with one attached hydrogen (secondary N) is 2. The first-order valence-corrected chi connectivity index (χ1v) is 9.09. The molecule has 0 bridgehead atoms. The molecule has 10 heteroatoms. The van der Waals surface area contributed by atoms with Crippen LogP contribution in [0.15, 0.2) is 28.0 Å². The lowest BCUT2D eigenvalue weighted by molar-refractivity contribution is -0.121. The minimum Gasteiger partial charge on any atom is -0.295 e. The van der Waals surface area contributed by atoms with Crippen LogP contribution in [-0.4, -0.2) is 46.9 Å². The van der Waals surface area contributed by atoms with Gasteiger partial charge < -0.3 is 0 Å². The van der Waals surface area contributed by atoms with Crippen LogP contribution < -0.4 is 5.32 Å². The fourth-order valence-corrected chi connectivity index (χ4v) is 4.99. The van der Waals surface area contributed by atoms with Crippen LogP contribution in [0.1, 0.15) is 12.8 Å². The number of carbonyl (C=O) groups is 1. The molecule has 2 N–H and O–H groups in total. The van der Waals surface area contributed by atoms with Crippen molar-refractivity contribution in [3.8, 4) is 0 Å². The van der Waals surface area contributed by atoms with Crippen molar-refractivity contribution in [1.29, 1.82) is 0 Å². The third kappa shape index (κ3) is 3.03. The van der Waals surface area contributed by atoms with Gasteiger partial charge in [0.25, 0.3) is 10.0 Å². The van der Waals surface area contributed by atoms with E-state index in [2.05, 4.69) is 20.5 Å². The van der Waals surface area contributed by atoms with Gasteiger partial charge in [-0.3, -0.25) is 10.1 Å². The van der Waals surface area contributed by atoms with E-state index in [1.807, 2.05) is 0 Å². The Morgan fingerprint density at radius 3 is 2.77 bits per heavy atom. The number of amides is 1. The summed E-state index contributed by atoms with van der Waals surface area (Å²) < 4.78 is 26.6. The minimum atomic E-state index is -3.43. The van der Waals surface area contributed by atoms with Crippen molar-refractivity contribution in [2.45, 2.75) is 17.1 Å². The highest BCUT2D eigenvalue weighted by molar-refractivity contribution is 7.91. The van der Waals surface area contributed by atoms with Gasteiger partial charge in [0.1, 0.15) is 10.5 Å². The van der Waals surface area contributed by atoms with Gasteiger partial charge in [-0.25, -0.2) is 13.5 Å². The summed E-state index contributed by atoms with van der Waals surface area (Å²) in [5, 5.41) is 10.6. The Hall–Kier alpha value is -1.78. The third-order valence-corrected chi connectivity index (χ3v) is 6.84. The maximum Gasteiger partial charge on any atom is 0.252 e. The first kappa shape index (κ1) is 15.1. The average molecular weight is 341 g/mol. The molecule has 1 aliphatic rings. The van der Waals surface area contributed by atoms with Crippen molar-refractivity contribution in [3.63, 3.8) is 0 Å². The summed E-state index contributed by atoms with van der Waals surface area (Å²) >= 11 is 1.21. The van der Waals surface area contributed by atoms with Crippen LogP contribution in [0.3, 0.4) is 0 Å². The van der Waals surface area contributed by atoms with Gasteiger partial charge in [0.05, 0.1) is 0 Å². The zero-order chi connectivity index (χ0) is 15.6. The van der Waals surface area contributed by atoms with Crippen molar-refractivity contribution in [2.75, 3.05) is 18.4 Å². The number of piperidine rings is 1. The Labute approximate surface area is 131 Å². The molecular weight excluding hydrogens is 326 g/mol. The topological polar surface area (TPSA) is 108 Å². The van der Waals surface area contributed by atoms with E-state index in [1.165, 1.54) is 22.0 Å². The molecule has 0 atom stereocenters. The summed E-state index contributed by atoms with van der Waals surface area (Å²) in [5.74, 6) is -0.0801. The number of nitrogens with zero attached hydrogens (tertiary/aromatic N) is 3. The number of hydrogen-bond donors (Lipinski definition) is 2. The van der Waals surface area contributed by atoms with Crippen LogP contribution in [0, 0.1) is 5.92 Å². The molecule has 2 aromatic heterocycles. The second-order valence-corrected chi connectivity index (χ2v) is 8.05. The molecule has 1 aliphatic heterocycles. The second kappa shape index (κ2) is 6.15. The molecule has 0 aliphatic carbocycles. The number of carbonyl (C=O) groups excluding carboxylic acids is 1. The number of thiophene rings is 1. The molecule has 0 spiro atoms. The maximum absolute atomic E-state index is 12.4. The smallest absolute Gasteiger partial charge is 0.252 e. The summed E-state index contributed by atoms with van der Waals surface area (Å²) in [4.78, 5) is 15.9. The minimum absolute atomic E-state index is 0.162. The summed E-state index contributed by atoms with van der Waals surface area (Å²) in [5.41, 5.74) is 0. The molecule has 0 radical (unpaired) electrons. The number of aromatic nitrogens is 3. The number of H-pyrrole nitrogens is 1. The zero-order valence-corrected chi connectivity index (χ0v) is 13.2. The SMILES string of the molecule is O=C(Nc1ncn[nH]1)C1CCN(S(=O)(=O)c2cccs2)CC1. The monoisotopic (exact) mass is 341 g/mol. The van der Waals surface area contributed by atoms with Crippen LogP contribution in [0.5, 0.6) is 0 Å². The van der Waals surface area contributed by atoms with Crippen LogP contribution in [0.25, 0.3) is 0 Å². The van der Waals surface area contributed by atoms with E-state index in [1.54, 1.807) is 17.5 Å². The zero-order valence-electron chi connectivity index (χ0n) is 11.6. The summed E-state index contributed by atoms with van der Waals surface area (Å²) in [6.45, 7) is 0.684. The summed E-state index contributed by atoms with van der Waals surface area (Å²) in [6, 6.07) is 3.32. The number of aromatic amines is 1. The second-order valence-electron chi connectivity index (χ2n) is 4.93. The van der Waals surface area contributed by atoms with Crippen LogP contribution in [-0.2, 0) is 14.8 Å². The van der Waals surface area contributed by atoms with Crippen molar-refractivity contribution >= 4 is 33.2 Å². The van der Waals surface area contributed by atoms with Crippen LogP contribution >= 0.6 is 11.3 Å². The van der Waals surface area contributed by atoms with Gasteiger partial charge in [-0.05, 0) is 24.3 Å². The van der Waals surface area contributed by atoms with E-state index in [4.69, 9.17) is 0 Å². The molecule has 2 aromatic rings. The number of sulfonamides is 1. The normalized spacial score (nSPS) is 17.5. The average Bonchev–Trinajstić information content (AvgIpc) is 3.21. The summed E-state index contributed by atoms with van der Waals surface area (Å²) in [6.07, 6.45) is 2.29. The van der Waals surface area contributed by atoms with Gasteiger partial charge in [0.15, 0.2) is 0 Å².